The van der Waals surface area contributed by atoms with Gasteiger partial charge in [-0.2, -0.15) is 0 Å². The zero-order valence-electron chi connectivity index (χ0n) is 27.3. The van der Waals surface area contributed by atoms with Gasteiger partial charge in [-0.25, -0.2) is 0 Å². The lowest BCUT2D eigenvalue weighted by Crippen LogP contribution is -2.26. The molecule has 0 radical (unpaired) electrons. The third-order valence-electron chi connectivity index (χ3n) is 11.0. The van der Waals surface area contributed by atoms with Gasteiger partial charge < -0.3 is 4.57 Å². The molecule has 0 atom stereocenters. The van der Waals surface area contributed by atoms with Crippen LogP contribution in [0.2, 0.25) is 0 Å². The average molecular weight is 624 g/mol. The summed E-state index contributed by atoms with van der Waals surface area (Å²) >= 11 is 0. The molecule has 8 aromatic rings. The number of allylic oxidation sites excluding steroid dienone is 5. The van der Waals surface area contributed by atoms with Crippen molar-refractivity contribution in [1.29, 1.82) is 0 Å². The molecule has 0 aliphatic heterocycles. The Morgan fingerprint density at radius 2 is 1.18 bits per heavy atom. The SMILES string of the molecule is C=C/C=C\C1=C(C)C2(c3cc4c5ccc(-c6cccc7ccccc67)cc5n(-c5ccccc5)c4cc31)c1ccccc1-c1ccccc12. The van der Waals surface area contributed by atoms with Crippen molar-refractivity contribution in [3.8, 4) is 27.9 Å². The minimum absolute atomic E-state index is 0.373. The molecule has 0 fully saturated rings. The van der Waals surface area contributed by atoms with E-state index in [0.717, 1.165) is 5.69 Å². The number of hydrogen-bond acceptors (Lipinski definition) is 0. The molecule has 49 heavy (non-hydrogen) atoms. The Kier molecular flexibility index (Phi) is 5.92. The molecule has 0 bridgehead atoms. The van der Waals surface area contributed by atoms with Gasteiger partial charge in [-0.3, -0.25) is 0 Å². The maximum atomic E-state index is 4.03. The van der Waals surface area contributed by atoms with Crippen molar-refractivity contribution in [1.82, 2.24) is 4.57 Å². The molecule has 0 unspecified atom stereocenters. The van der Waals surface area contributed by atoms with Crippen molar-refractivity contribution in [3.05, 3.63) is 204 Å². The van der Waals surface area contributed by atoms with E-state index < -0.39 is 0 Å². The molecule has 0 amide bonds. The van der Waals surface area contributed by atoms with Crippen molar-refractivity contribution in [3.63, 3.8) is 0 Å². The molecule has 0 saturated heterocycles. The van der Waals surface area contributed by atoms with Gasteiger partial charge >= 0.3 is 0 Å². The number of para-hydroxylation sites is 1. The van der Waals surface area contributed by atoms with Gasteiger partial charge in [-0.05, 0) is 104 Å². The lowest BCUT2D eigenvalue weighted by Gasteiger charge is -2.31. The molecule has 2 aliphatic carbocycles. The first kappa shape index (κ1) is 27.9. The predicted molar refractivity (Wildman–Crippen MR) is 207 cm³/mol. The van der Waals surface area contributed by atoms with Crippen LogP contribution in [0.1, 0.15) is 29.2 Å². The van der Waals surface area contributed by atoms with Crippen LogP contribution in [0.3, 0.4) is 0 Å². The fourth-order valence-electron chi connectivity index (χ4n) is 9.01. The van der Waals surface area contributed by atoms with Crippen LogP contribution in [0.15, 0.2) is 182 Å². The number of nitrogens with zero attached hydrogens (tertiary/aromatic N) is 1. The highest BCUT2D eigenvalue weighted by Gasteiger charge is 2.51. The number of fused-ring (bicyclic) bond motifs is 11. The summed E-state index contributed by atoms with van der Waals surface area (Å²) < 4.78 is 2.46. The normalized spacial score (nSPS) is 14.3. The maximum Gasteiger partial charge on any atom is 0.0686 e. The van der Waals surface area contributed by atoms with Crippen LogP contribution in [-0.4, -0.2) is 4.57 Å². The largest absolute Gasteiger partial charge is 0.309 e. The molecule has 10 rings (SSSR count). The van der Waals surface area contributed by atoms with Gasteiger partial charge in [0, 0.05) is 16.5 Å². The van der Waals surface area contributed by atoms with Gasteiger partial charge in [0.05, 0.1) is 16.4 Å². The number of hydrogen-bond donors (Lipinski definition) is 0. The van der Waals surface area contributed by atoms with Crippen LogP contribution in [0.4, 0.5) is 0 Å². The summed E-state index contributed by atoms with van der Waals surface area (Å²) in [5.41, 5.74) is 16.3. The second-order valence-electron chi connectivity index (χ2n) is 13.3. The third-order valence-corrected chi connectivity index (χ3v) is 11.0. The van der Waals surface area contributed by atoms with Crippen LogP contribution >= 0.6 is 0 Å². The summed E-state index contributed by atoms with van der Waals surface area (Å²) in [6.07, 6.45) is 6.23. The molecule has 1 heterocycles. The van der Waals surface area contributed by atoms with E-state index in [1.807, 2.05) is 6.08 Å². The van der Waals surface area contributed by atoms with Crippen LogP contribution in [0, 0.1) is 0 Å². The topological polar surface area (TPSA) is 4.93 Å². The Morgan fingerprint density at radius 3 is 1.96 bits per heavy atom. The Labute approximate surface area is 286 Å². The first-order valence-corrected chi connectivity index (χ1v) is 17.1. The van der Waals surface area contributed by atoms with Gasteiger partial charge in [-0.1, -0.05) is 146 Å². The summed E-state index contributed by atoms with van der Waals surface area (Å²) in [5.74, 6) is 0. The van der Waals surface area contributed by atoms with Crippen molar-refractivity contribution < 1.29 is 0 Å². The highest BCUT2D eigenvalue weighted by atomic mass is 15.0. The number of aromatic nitrogens is 1. The highest BCUT2D eigenvalue weighted by Crippen LogP contribution is 2.62. The Hall–Kier alpha value is -6.18. The van der Waals surface area contributed by atoms with Crippen molar-refractivity contribution in [2.75, 3.05) is 0 Å². The molecule has 1 heteroatoms. The quantitative estimate of drug-likeness (QED) is 0.172. The minimum atomic E-state index is -0.373. The van der Waals surface area contributed by atoms with Crippen molar-refractivity contribution >= 4 is 38.2 Å². The van der Waals surface area contributed by atoms with Gasteiger partial charge in [-0.15, -0.1) is 0 Å². The van der Waals surface area contributed by atoms with Crippen LogP contribution in [0.25, 0.3) is 66.1 Å². The minimum Gasteiger partial charge on any atom is -0.309 e. The lowest BCUT2D eigenvalue weighted by atomic mass is 9.70. The molecule has 0 N–H and O–H groups in total. The second kappa shape index (κ2) is 10.4. The first-order valence-electron chi connectivity index (χ1n) is 17.1. The van der Waals surface area contributed by atoms with Crippen molar-refractivity contribution in [2.45, 2.75) is 12.3 Å². The molecular formula is C48H33N. The standard InChI is InChI=1S/C48H33N/c1-3-4-19-35-31(2)48(43-24-12-10-21-38(43)39-22-11-13-25-44(39)48)45-29-42-40-27-26-33(37-23-14-16-32-15-8-9-20-36(32)37)28-46(40)49(47(42)30-41(35)45)34-17-6-5-7-18-34/h3-30H,1H2,2H3/b19-4-. The van der Waals surface area contributed by atoms with E-state index in [-0.39, 0.29) is 5.41 Å². The van der Waals surface area contributed by atoms with E-state index in [2.05, 4.69) is 182 Å². The molecule has 0 saturated carbocycles. The summed E-state index contributed by atoms with van der Waals surface area (Å²) in [4.78, 5) is 0. The fraction of sp³-hybridized carbons (Fsp3) is 0.0417. The van der Waals surface area contributed by atoms with E-state index >= 15 is 0 Å². The van der Waals surface area contributed by atoms with Crippen LogP contribution in [-0.2, 0) is 5.41 Å². The summed E-state index contributed by atoms with van der Waals surface area (Å²) in [6.45, 7) is 6.37. The highest BCUT2D eigenvalue weighted by molar-refractivity contribution is 6.13. The van der Waals surface area contributed by atoms with Gasteiger partial charge in [0.15, 0.2) is 0 Å². The van der Waals surface area contributed by atoms with Gasteiger partial charge in [0.2, 0.25) is 0 Å². The maximum absolute atomic E-state index is 4.03. The molecule has 230 valence electrons. The smallest absolute Gasteiger partial charge is 0.0686 e. The molecule has 1 spiro atoms. The molecule has 1 aromatic heterocycles. The average Bonchev–Trinajstić information content (AvgIpc) is 3.73. The molecule has 2 aliphatic rings. The first-order chi connectivity index (χ1) is 24.2. The zero-order valence-corrected chi connectivity index (χ0v) is 27.3. The summed E-state index contributed by atoms with van der Waals surface area (Å²) in [5, 5.41) is 5.05. The van der Waals surface area contributed by atoms with E-state index in [1.165, 1.54) is 88.2 Å². The Morgan fingerprint density at radius 1 is 0.531 bits per heavy atom. The van der Waals surface area contributed by atoms with Crippen LogP contribution in [0.5, 0.6) is 0 Å². The fourth-order valence-corrected chi connectivity index (χ4v) is 9.01. The van der Waals surface area contributed by atoms with Gasteiger partial charge in [0.1, 0.15) is 0 Å². The second-order valence-corrected chi connectivity index (χ2v) is 13.3. The van der Waals surface area contributed by atoms with Gasteiger partial charge in [0.25, 0.3) is 0 Å². The summed E-state index contributed by atoms with van der Waals surface area (Å²) in [7, 11) is 0. The Bertz CT molecular complexity index is 2680. The van der Waals surface area contributed by atoms with E-state index in [0.29, 0.717) is 0 Å². The van der Waals surface area contributed by atoms with E-state index in [9.17, 15) is 0 Å². The molecule has 1 nitrogen and oxygen atoms in total. The van der Waals surface area contributed by atoms with E-state index in [4.69, 9.17) is 0 Å². The van der Waals surface area contributed by atoms with Crippen LogP contribution < -0.4 is 0 Å². The lowest BCUT2D eigenvalue weighted by molar-refractivity contribution is 0.768. The molecule has 7 aromatic carbocycles. The van der Waals surface area contributed by atoms with Crippen molar-refractivity contribution in [2.24, 2.45) is 0 Å². The van der Waals surface area contributed by atoms with E-state index in [1.54, 1.807) is 0 Å². The number of benzene rings is 7. The Balaban J connectivity index is 1.33. The summed E-state index contributed by atoms with van der Waals surface area (Å²) in [6, 6.07) is 56.2. The molecular weight excluding hydrogens is 591 g/mol. The predicted octanol–water partition coefficient (Wildman–Crippen LogP) is 12.4. The number of rotatable bonds is 4. The zero-order chi connectivity index (χ0) is 32.7. The monoisotopic (exact) mass is 623 g/mol. The third kappa shape index (κ3) is 3.70.